The molecule has 2 rings (SSSR count). The molecule has 0 aliphatic rings. The molecule has 0 aromatic carbocycles. The average molecular weight is 323 g/mol. The summed E-state index contributed by atoms with van der Waals surface area (Å²) in [6, 6.07) is 3.53. The van der Waals surface area contributed by atoms with Crippen LogP contribution in [0.2, 0.25) is 5.02 Å². The number of rotatable bonds is 4. The van der Waals surface area contributed by atoms with Crippen LogP contribution in [0.4, 0.5) is 0 Å². The lowest BCUT2D eigenvalue weighted by Crippen LogP contribution is -2.25. The number of hydrogen-bond acceptors (Lipinski definition) is 3. The molecule has 4 nitrogen and oxygen atoms in total. The van der Waals surface area contributed by atoms with Crippen LogP contribution in [0.25, 0.3) is 0 Å². The summed E-state index contributed by atoms with van der Waals surface area (Å²) in [6.45, 7) is 2.86. The van der Waals surface area contributed by atoms with Gasteiger partial charge in [-0.2, -0.15) is 0 Å². The number of carbonyl (C=O) groups is 1. The number of aromatic nitrogens is 1. The van der Waals surface area contributed by atoms with Crippen molar-refractivity contribution >= 4 is 28.8 Å². The van der Waals surface area contributed by atoms with Crippen molar-refractivity contribution < 1.29 is 9.90 Å². The Morgan fingerprint density at radius 2 is 2.38 bits per heavy atom. The highest BCUT2D eigenvalue weighted by Gasteiger charge is 2.13. The molecule has 0 saturated heterocycles. The maximum atomic E-state index is 12.2. The van der Waals surface area contributed by atoms with Crippen molar-refractivity contribution in [1.82, 2.24) is 9.88 Å². The summed E-state index contributed by atoms with van der Waals surface area (Å²) < 4.78 is 1.80. The van der Waals surface area contributed by atoms with E-state index in [4.69, 9.17) is 16.7 Å². The minimum absolute atomic E-state index is 0.168. The monoisotopic (exact) mass is 322 g/mol. The molecule has 6 heteroatoms. The molecular formula is C15H15ClN2O2S. The Hall–Kier alpha value is -1.74. The number of aliphatic hydroxyl groups is 1. The molecule has 0 radical (unpaired) electrons. The second-order valence-corrected chi connectivity index (χ2v) is 5.67. The first-order chi connectivity index (χ1) is 10.2. The molecule has 0 spiro atoms. The molecule has 2 aromatic rings. The van der Waals surface area contributed by atoms with Crippen molar-refractivity contribution in [3.05, 3.63) is 44.9 Å². The van der Waals surface area contributed by atoms with Gasteiger partial charge in [-0.25, -0.2) is 0 Å². The predicted octanol–water partition coefficient (Wildman–Crippen LogP) is 2.50. The predicted molar refractivity (Wildman–Crippen MR) is 84.6 cm³/mol. The van der Waals surface area contributed by atoms with Gasteiger partial charge in [0.2, 0.25) is 0 Å². The number of amides is 1. The van der Waals surface area contributed by atoms with E-state index in [1.165, 1.54) is 11.3 Å². The van der Waals surface area contributed by atoms with E-state index < -0.39 is 0 Å². The number of nitrogens with zero attached hydrogens (tertiary/aromatic N) is 1. The number of thiophene rings is 1. The summed E-state index contributed by atoms with van der Waals surface area (Å²) in [5, 5.41) is 14.1. The summed E-state index contributed by atoms with van der Waals surface area (Å²) in [5.41, 5.74) is 1.38. The highest BCUT2D eigenvalue weighted by Crippen LogP contribution is 2.17. The second kappa shape index (κ2) is 7.32. The van der Waals surface area contributed by atoms with Crippen molar-refractivity contribution in [2.75, 3.05) is 6.61 Å². The molecule has 2 N–H and O–H groups in total. The third-order valence-electron chi connectivity index (χ3n) is 2.89. The Kier molecular flexibility index (Phi) is 5.45. The number of aliphatic hydroxyl groups excluding tert-OH is 1. The first-order valence-corrected chi connectivity index (χ1v) is 7.71. The van der Waals surface area contributed by atoms with Gasteiger partial charge in [-0.05, 0) is 24.4 Å². The van der Waals surface area contributed by atoms with Crippen LogP contribution >= 0.6 is 22.9 Å². The molecule has 1 amide bonds. The Labute approximate surface area is 132 Å². The average Bonchev–Trinajstić information content (AvgIpc) is 3.08. The SMILES string of the molecule is CCn1cc(Cl)cc1C(=O)NCc1sccc1C#CCO. The number of carbonyl (C=O) groups excluding carboxylic acids is 1. The zero-order chi connectivity index (χ0) is 15.2. The van der Waals surface area contributed by atoms with Crippen LogP contribution < -0.4 is 5.32 Å². The topological polar surface area (TPSA) is 54.3 Å². The van der Waals surface area contributed by atoms with Gasteiger partial charge in [0.05, 0.1) is 11.6 Å². The van der Waals surface area contributed by atoms with Crippen molar-refractivity contribution in [2.24, 2.45) is 0 Å². The standard InChI is InChI=1S/C15H15ClN2O2S/c1-2-18-10-12(16)8-13(18)15(20)17-9-14-11(4-3-6-19)5-7-21-14/h5,7-8,10,19H,2,6,9H2,1H3,(H,17,20). The van der Waals surface area contributed by atoms with Gasteiger partial charge in [-0.15, -0.1) is 11.3 Å². The first kappa shape index (κ1) is 15.6. The second-order valence-electron chi connectivity index (χ2n) is 4.23. The number of aryl methyl sites for hydroxylation is 1. The van der Waals surface area contributed by atoms with E-state index in [2.05, 4.69) is 17.2 Å². The van der Waals surface area contributed by atoms with E-state index in [1.54, 1.807) is 16.8 Å². The van der Waals surface area contributed by atoms with Gasteiger partial charge >= 0.3 is 0 Å². The lowest BCUT2D eigenvalue weighted by molar-refractivity contribution is 0.0942. The maximum absolute atomic E-state index is 12.2. The van der Waals surface area contributed by atoms with Crippen LogP contribution in [0, 0.1) is 11.8 Å². The molecule has 2 heterocycles. The van der Waals surface area contributed by atoms with E-state index in [9.17, 15) is 4.79 Å². The fourth-order valence-electron chi connectivity index (χ4n) is 1.90. The highest BCUT2D eigenvalue weighted by atomic mass is 35.5. The third kappa shape index (κ3) is 3.88. The van der Waals surface area contributed by atoms with E-state index >= 15 is 0 Å². The van der Waals surface area contributed by atoms with Crippen molar-refractivity contribution in [3.8, 4) is 11.8 Å². The minimum Gasteiger partial charge on any atom is -0.384 e. The van der Waals surface area contributed by atoms with Crippen molar-refractivity contribution in [3.63, 3.8) is 0 Å². The van der Waals surface area contributed by atoms with E-state index in [0.717, 1.165) is 10.4 Å². The fraction of sp³-hybridized carbons (Fsp3) is 0.267. The van der Waals surface area contributed by atoms with Crippen LogP contribution in [-0.4, -0.2) is 22.2 Å². The Morgan fingerprint density at radius 3 is 3.10 bits per heavy atom. The maximum Gasteiger partial charge on any atom is 0.268 e. The van der Waals surface area contributed by atoms with Crippen LogP contribution in [0.15, 0.2) is 23.7 Å². The summed E-state index contributed by atoms with van der Waals surface area (Å²) in [5.74, 6) is 5.31. The van der Waals surface area contributed by atoms with Crippen molar-refractivity contribution in [2.45, 2.75) is 20.0 Å². The quantitative estimate of drug-likeness (QED) is 0.850. The van der Waals surface area contributed by atoms with Gasteiger partial charge in [0.15, 0.2) is 0 Å². The zero-order valence-electron chi connectivity index (χ0n) is 11.5. The minimum atomic E-state index is -0.176. The lowest BCUT2D eigenvalue weighted by Gasteiger charge is -2.07. The van der Waals surface area contributed by atoms with Crippen LogP contribution in [0.5, 0.6) is 0 Å². The molecule has 0 fully saturated rings. The van der Waals surface area contributed by atoms with Crippen LogP contribution in [-0.2, 0) is 13.1 Å². The van der Waals surface area contributed by atoms with Crippen molar-refractivity contribution in [1.29, 1.82) is 0 Å². The summed E-state index contributed by atoms with van der Waals surface area (Å²) >= 11 is 7.45. The highest BCUT2D eigenvalue weighted by molar-refractivity contribution is 7.10. The number of nitrogens with one attached hydrogen (secondary N) is 1. The molecule has 0 saturated carbocycles. The van der Waals surface area contributed by atoms with Gasteiger partial charge in [0.1, 0.15) is 12.3 Å². The smallest absolute Gasteiger partial charge is 0.268 e. The Balaban J connectivity index is 2.06. The van der Waals surface area contributed by atoms with Gasteiger partial charge in [-0.1, -0.05) is 23.4 Å². The molecule has 110 valence electrons. The van der Waals surface area contributed by atoms with Gasteiger partial charge in [0.25, 0.3) is 5.91 Å². The molecule has 0 aliphatic heterocycles. The third-order valence-corrected chi connectivity index (χ3v) is 4.02. The Bertz CT molecular complexity index is 694. The Morgan fingerprint density at radius 1 is 1.57 bits per heavy atom. The zero-order valence-corrected chi connectivity index (χ0v) is 13.1. The summed E-state index contributed by atoms with van der Waals surface area (Å²) in [6.07, 6.45) is 1.74. The van der Waals surface area contributed by atoms with E-state index in [-0.39, 0.29) is 12.5 Å². The molecular weight excluding hydrogens is 308 g/mol. The first-order valence-electron chi connectivity index (χ1n) is 6.45. The van der Waals surface area contributed by atoms with Crippen LogP contribution in [0.3, 0.4) is 0 Å². The molecule has 2 aromatic heterocycles. The molecule has 21 heavy (non-hydrogen) atoms. The van der Waals surface area contributed by atoms with Gasteiger partial charge in [-0.3, -0.25) is 4.79 Å². The normalized spacial score (nSPS) is 10.0. The van der Waals surface area contributed by atoms with Gasteiger partial charge < -0.3 is 15.0 Å². The molecule has 0 atom stereocenters. The van der Waals surface area contributed by atoms with Crippen LogP contribution in [0.1, 0.15) is 27.9 Å². The lowest BCUT2D eigenvalue weighted by atomic mass is 10.2. The largest absolute Gasteiger partial charge is 0.384 e. The summed E-state index contributed by atoms with van der Waals surface area (Å²) in [4.78, 5) is 13.2. The van der Waals surface area contributed by atoms with E-state index in [0.29, 0.717) is 23.8 Å². The molecule has 0 aliphatic carbocycles. The van der Waals surface area contributed by atoms with Gasteiger partial charge in [0, 0.05) is 23.2 Å². The fourth-order valence-corrected chi connectivity index (χ4v) is 2.89. The van der Waals surface area contributed by atoms with E-state index in [1.807, 2.05) is 18.4 Å². The number of halogens is 1. The summed E-state index contributed by atoms with van der Waals surface area (Å²) in [7, 11) is 0. The number of hydrogen-bond donors (Lipinski definition) is 2. The molecule has 0 unspecified atom stereocenters. The molecule has 0 bridgehead atoms.